The predicted octanol–water partition coefficient (Wildman–Crippen LogP) is 13.4. The van der Waals surface area contributed by atoms with Crippen molar-refractivity contribution in [2.45, 2.75) is 255 Å². The number of ether oxygens (including phenoxy) is 1. The van der Waals surface area contributed by atoms with Crippen molar-refractivity contribution in [2.24, 2.45) is 0 Å². The Labute approximate surface area is 333 Å². The first kappa shape index (κ1) is 60.6. The number of nitrogens with one attached hydrogen (secondary N) is 3. The van der Waals surface area contributed by atoms with Gasteiger partial charge in [-0.15, -0.1) is 0 Å². The number of hydrogen-bond acceptors (Lipinski definition) is 4. The van der Waals surface area contributed by atoms with Crippen LogP contribution in [-0.2, 0) is 19.1 Å². The van der Waals surface area contributed by atoms with E-state index in [1.54, 1.807) is 7.11 Å². The summed E-state index contributed by atoms with van der Waals surface area (Å²) in [5.74, 6) is 0.00637. The van der Waals surface area contributed by atoms with Crippen LogP contribution in [0.4, 0.5) is 0 Å². The van der Waals surface area contributed by atoms with Gasteiger partial charge in [0.25, 0.3) is 0 Å². The Kier molecular flexibility index (Phi) is 68.2. The highest BCUT2D eigenvalue weighted by atomic mass is 16.5. The topological polar surface area (TPSA) is 96.5 Å². The van der Waals surface area contributed by atoms with Crippen molar-refractivity contribution < 1.29 is 19.1 Å². The average Bonchev–Trinajstić information content (AvgIpc) is 3.16. The molecule has 0 heterocycles. The van der Waals surface area contributed by atoms with Gasteiger partial charge in [0.1, 0.15) is 0 Å². The lowest BCUT2D eigenvalue weighted by Crippen LogP contribution is -2.38. The van der Waals surface area contributed by atoms with E-state index in [-0.39, 0.29) is 23.8 Å². The fraction of sp³-hybridized carbons (Fsp3) is 0.935. The Morgan fingerprint density at radius 1 is 0.472 bits per heavy atom. The highest BCUT2D eigenvalue weighted by Crippen LogP contribution is 2.13. The first-order chi connectivity index (χ1) is 25.7. The Morgan fingerprint density at radius 3 is 1.26 bits per heavy atom. The van der Waals surface area contributed by atoms with E-state index in [1.165, 1.54) is 116 Å². The normalized spacial score (nSPS) is 10.5. The molecule has 0 aliphatic carbocycles. The van der Waals surface area contributed by atoms with E-state index in [0.717, 1.165) is 64.4 Å². The fourth-order valence-corrected chi connectivity index (χ4v) is 4.90. The Balaban J connectivity index is -0.000000467. The maximum absolute atomic E-state index is 12.3. The standard InChI is InChI=1S/C32H63N3O4.3C4H10.C2H6/c1-4-5-6-7-8-9-10-11-12-13-14-15-18-24-31(37)33-26-21-19-23-30(35-29(2)36)28-32(38)34-25-20-16-17-22-27-39-3;3*1-3-4-2;1-2/h30H,4-28H2,1-3H3,(H,33,37)(H,34,38)(H,35,36);3*3-4H2,1-2H3;1-2H3. The Hall–Kier alpha value is -1.63. The van der Waals surface area contributed by atoms with Gasteiger partial charge in [-0.2, -0.15) is 0 Å². The molecule has 1 atom stereocenters. The summed E-state index contributed by atoms with van der Waals surface area (Å²) in [6.07, 6.45) is 32.5. The monoisotopic (exact) mass is 758 g/mol. The van der Waals surface area contributed by atoms with E-state index in [2.05, 4.69) is 64.4 Å². The summed E-state index contributed by atoms with van der Waals surface area (Å²) >= 11 is 0. The maximum Gasteiger partial charge on any atom is 0.222 e. The van der Waals surface area contributed by atoms with Crippen molar-refractivity contribution in [1.82, 2.24) is 16.0 Å². The summed E-state index contributed by atoms with van der Waals surface area (Å²) in [6.45, 7) is 22.9. The van der Waals surface area contributed by atoms with E-state index in [1.807, 2.05) is 13.8 Å². The number of hydrogen-bond donors (Lipinski definition) is 3. The average molecular weight is 758 g/mol. The van der Waals surface area contributed by atoms with Gasteiger partial charge in [-0.25, -0.2) is 0 Å². The summed E-state index contributed by atoms with van der Waals surface area (Å²) in [5, 5.41) is 8.89. The molecule has 0 aliphatic rings. The molecule has 0 aliphatic heterocycles. The van der Waals surface area contributed by atoms with Crippen molar-refractivity contribution >= 4 is 17.7 Å². The molecule has 0 aromatic rings. The zero-order valence-corrected chi connectivity index (χ0v) is 38.1. The van der Waals surface area contributed by atoms with E-state index in [0.29, 0.717) is 25.9 Å². The second-order valence-corrected chi connectivity index (χ2v) is 14.2. The van der Waals surface area contributed by atoms with Crippen molar-refractivity contribution in [1.29, 1.82) is 0 Å². The summed E-state index contributed by atoms with van der Waals surface area (Å²) in [6, 6.07) is -0.161. The lowest BCUT2D eigenvalue weighted by atomic mass is 10.0. The SMILES string of the molecule is CC.CCCC.CCCC.CCCC.CCCCCCCCCCCCCCCC(=O)NCCCCC(CC(=O)NCCCCCCOC)NC(C)=O. The van der Waals surface area contributed by atoms with Gasteiger partial charge >= 0.3 is 0 Å². The van der Waals surface area contributed by atoms with Gasteiger partial charge in [-0.1, -0.05) is 191 Å². The van der Waals surface area contributed by atoms with Crippen LogP contribution in [0.3, 0.4) is 0 Å². The van der Waals surface area contributed by atoms with Gasteiger partial charge in [0, 0.05) is 52.6 Å². The zero-order valence-electron chi connectivity index (χ0n) is 38.1. The number of carbonyl (C=O) groups is 3. The van der Waals surface area contributed by atoms with Gasteiger partial charge < -0.3 is 20.7 Å². The third-order valence-electron chi connectivity index (χ3n) is 8.75. The van der Waals surface area contributed by atoms with E-state index < -0.39 is 0 Å². The van der Waals surface area contributed by atoms with Gasteiger partial charge in [0.2, 0.25) is 17.7 Å². The third kappa shape index (κ3) is 68.9. The third-order valence-corrected chi connectivity index (χ3v) is 8.75. The van der Waals surface area contributed by atoms with E-state index >= 15 is 0 Å². The molecular formula is C46H99N3O4. The molecule has 0 spiro atoms. The maximum atomic E-state index is 12.3. The van der Waals surface area contributed by atoms with Crippen LogP contribution in [-0.4, -0.2) is 50.6 Å². The van der Waals surface area contributed by atoms with Crippen LogP contribution >= 0.6 is 0 Å². The number of carbonyl (C=O) groups excluding carboxylic acids is 3. The molecule has 0 aromatic carbocycles. The minimum atomic E-state index is -0.161. The van der Waals surface area contributed by atoms with Crippen LogP contribution in [0.2, 0.25) is 0 Å². The quantitative estimate of drug-likeness (QED) is 0.0595. The minimum absolute atomic E-state index is 0.0169. The highest BCUT2D eigenvalue weighted by molar-refractivity contribution is 5.78. The lowest BCUT2D eigenvalue weighted by molar-refractivity contribution is -0.123. The number of unbranched alkanes of at least 4 members (excludes halogenated alkanes) is 19. The fourth-order valence-electron chi connectivity index (χ4n) is 4.90. The number of rotatable bonds is 32. The molecule has 53 heavy (non-hydrogen) atoms. The molecule has 0 rings (SSSR count). The van der Waals surface area contributed by atoms with Crippen molar-refractivity contribution in [3.05, 3.63) is 0 Å². The van der Waals surface area contributed by atoms with Crippen molar-refractivity contribution in [3.8, 4) is 0 Å². The molecule has 322 valence electrons. The van der Waals surface area contributed by atoms with Gasteiger partial charge in [-0.3, -0.25) is 14.4 Å². The molecule has 0 fully saturated rings. The van der Waals surface area contributed by atoms with Crippen LogP contribution in [0.25, 0.3) is 0 Å². The van der Waals surface area contributed by atoms with Gasteiger partial charge in [0.05, 0.1) is 0 Å². The van der Waals surface area contributed by atoms with Crippen LogP contribution in [0, 0.1) is 0 Å². The largest absolute Gasteiger partial charge is 0.385 e. The molecule has 0 saturated carbocycles. The van der Waals surface area contributed by atoms with Gasteiger partial charge in [-0.05, 0) is 38.5 Å². The molecule has 1 unspecified atom stereocenters. The van der Waals surface area contributed by atoms with Crippen LogP contribution in [0.5, 0.6) is 0 Å². The lowest BCUT2D eigenvalue weighted by Gasteiger charge is -2.17. The second kappa shape index (κ2) is 59.6. The van der Waals surface area contributed by atoms with Gasteiger partial charge in [0.15, 0.2) is 0 Å². The molecule has 3 amide bonds. The molecule has 0 saturated heterocycles. The van der Waals surface area contributed by atoms with Crippen molar-refractivity contribution in [2.75, 3.05) is 26.8 Å². The smallest absolute Gasteiger partial charge is 0.222 e. The summed E-state index contributed by atoms with van der Waals surface area (Å²) < 4.78 is 5.04. The van der Waals surface area contributed by atoms with Crippen LogP contribution in [0.1, 0.15) is 249 Å². The summed E-state index contributed by atoms with van der Waals surface area (Å²) in [7, 11) is 1.71. The Bertz CT molecular complexity index is 660. The molecular weight excluding hydrogens is 659 g/mol. The van der Waals surface area contributed by atoms with E-state index in [4.69, 9.17) is 4.74 Å². The first-order valence-corrected chi connectivity index (χ1v) is 23.0. The Morgan fingerprint density at radius 2 is 0.849 bits per heavy atom. The highest BCUT2D eigenvalue weighted by Gasteiger charge is 2.14. The summed E-state index contributed by atoms with van der Waals surface area (Å²) in [5.41, 5.74) is 0. The summed E-state index contributed by atoms with van der Waals surface area (Å²) in [4.78, 5) is 35.9. The zero-order chi connectivity index (χ0) is 41.1. The molecule has 3 N–H and O–H groups in total. The molecule has 0 bridgehead atoms. The molecule has 7 nitrogen and oxygen atoms in total. The minimum Gasteiger partial charge on any atom is -0.385 e. The first-order valence-electron chi connectivity index (χ1n) is 23.0. The van der Waals surface area contributed by atoms with Crippen molar-refractivity contribution in [3.63, 3.8) is 0 Å². The van der Waals surface area contributed by atoms with Crippen LogP contribution in [0.15, 0.2) is 0 Å². The second-order valence-electron chi connectivity index (χ2n) is 14.2. The molecule has 7 heteroatoms. The number of amides is 3. The van der Waals surface area contributed by atoms with E-state index in [9.17, 15) is 14.4 Å². The molecule has 0 aromatic heterocycles. The van der Waals surface area contributed by atoms with Crippen LogP contribution < -0.4 is 16.0 Å². The molecule has 0 radical (unpaired) electrons. The predicted molar refractivity (Wildman–Crippen MR) is 236 cm³/mol. The number of methoxy groups -OCH3 is 1.